The molecule has 3 aromatic rings. The van der Waals surface area contributed by atoms with Crippen LogP contribution in [0.2, 0.25) is 0 Å². The smallest absolute Gasteiger partial charge is 0.140 e. The maximum absolute atomic E-state index is 13.7. The molecule has 2 N–H and O–H groups in total. The maximum atomic E-state index is 13.7. The lowest BCUT2D eigenvalue weighted by Crippen LogP contribution is -1.90. The van der Waals surface area contributed by atoms with Crippen LogP contribution in [0.25, 0.3) is 10.2 Å². The molecule has 6 heteroatoms. The van der Waals surface area contributed by atoms with Crippen molar-refractivity contribution in [2.24, 2.45) is 0 Å². The van der Waals surface area contributed by atoms with Gasteiger partial charge in [-0.25, -0.2) is 13.8 Å². The van der Waals surface area contributed by atoms with Gasteiger partial charge in [-0.05, 0) is 31.2 Å². The number of benzene rings is 2. The number of aromatic nitrogens is 1. The minimum atomic E-state index is -0.594. The molecule has 0 fully saturated rings. The van der Waals surface area contributed by atoms with Crippen molar-refractivity contribution in [3.63, 3.8) is 0 Å². The van der Waals surface area contributed by atoms with Crippen molar-refractivity contribution >= 4 is 39.0 Å². The highest BCUT2D eigenvalue weighted by Gasteiger charge is 2.11. The van der Waals surface area contributed by atoms with E-state index in [-0.39, 0.29) is 0 Å². The molecule has 0 aliphatic rings. The molecule has 102 valence electrons. The Morgan fingerprint density at radius 2 is 1.95 bits per heavy atom. The minimum absolute atomic E-state index is 0.337. The number of hydrogen-bond donors (Lipinski definition) is 1. The zero-order chi connectivity index (χ0) is 14.3. The molecule has 0 aliphatic carbocycles. The molecule has 3 rings (SSSR count). The lowest BCUT2D eigenvalue weighted by molar-refractivity contribution is 0.566. The molecule has 1 heterocycles. The molecule has 2 aromatic carbocycles. The van der Waals surface area contributed by atoms with E-state index in [1.807, 2.05) is 19.1 Å². The molecule has 0 amide bonds. The molecule has 0 radical (unpaired) electrons. The summed E-state index contributed by atoms with van der Waals surface area (Å²) < 4.78 is 27.6. The number of aryl methyl sites for hydroxylation is 1. The van der Waals surface area contributed by atoms with Crippen LogP contribution in [0.3, 0.4) is 0 Å². The number of nitrogen functional groups attached to an aromatic ring is 1. The molecule has 20 heavy (non-hydrogen) atoms. The highest BCUT2D eigenvalue weighted by molar-refractivity contribution is 7.99. The Balaban J connectivity index is 2.03. The second kappa shape index (κ2) is 5.03. The predicted molar refractivity (Wildman–Crippen MR) is 79.3 cm³/mol. The zero-order valence-electron chi connectivity index (χ0n) is 10.5. The Kier molecular flexibility index (Phi) is 3.35. The van der Waals surface area contributed by atoms with Crippen LogP contribution in [0.1, 0.15) is 5.01 Å². The number of hydrogen-bond acceptors (Lipinski definition) is 4. The van der Waals surface area contributed by atoms with Crippen molar-refractivity contribution < 1.29 is 8.78 Å². The summed E-state index contributed by atoms with van der Waals surface area (Å²) in [4.78, 5) is 5.44. The third kappa shape index (κ3) is 2.48. The summed E-state index contributed by atoms with van der Waals surface area (Å²) >= 11 is 2.73. The average molecular weight is 308 g/mol. The average Bonchev–Trinajstić information content (AvgIpc) is 2.72. The Morgan fingerprint density at radius 1 is 1.15 bits per heavy atom. The van der Waals surface area contributed by atoms with Crippen molar-refractivity contribution in [2.75, 3.05) is 5.73 Å². The van der Waals surface area contributed by atoms with Gasteiger partial charge in [0, 0.05) is 21.5 Å². The molecule has 0 saturated heterocycles. The van der Waals surface area contributed by atoms with Crippen molar-refractivity contribution in [1.29, 1.82) is 0 Å². The predicted octanol–water partition coefficient (Wildman–Crippen LogP) is 4.62. The van der Waals surface area contributed by atoms with E-state index in [9.17, 15) is 8.78 Å². The van der Waals surface area contributed by atoms with E-state index >= 15 is 0 Å². The molecule has 0 atom stereocenters. The summed E-state index contributed by atoms with van der Waals surface area (Å²) in [6, 6.07) is 7.17. The van der Waals surface area contributed by atoms with Crippen LogP contribution in [0.15, 0.2) is 40.1 Å². The number of thiazole rings is 1. The monoisotopic (exact) mass is 308 g/mol. The first-order valence-electron chi connectivity index (χ1n) is 5.82. The second-order valence-electron chi connectivity index (χ2n) is 4.27. The first kappa shape index (κ1) is 13.3. The van der Waals surface area contributed by atoms with Gasteiger partial charge < -0.3 is 5.73 Å². The number of halogens is 2. The molecule has 0 saturated carbocycles. The van der Waals surface area contributed by atoms with Gasteiger partial charge in [-0.2, -0.15) is 0 Å². The van der Waals surface area contributed by atoms with Gasteiger partial charge in [-0.1, -0.05) is 11.8 Å². The molecule has 0 unspecified atom stereocenters. The Hall–Kier alpha value is -1.66. The Bertz CT molecular complexity index is 799. The number of nitrogens with zero attached hydrogens (tertiary/aromatic N) is 1. The minimum Gasteiger partial charge on any atom is -0.398 e. The van der Waals surface area contributed by atoms with Gasteiger partial charge in [0.1, 0.15) is 11.6 Å². The van der Waals surface area contributed by atoms with Crippen molar-refractivity contribution in [2.45, 2.75) is 16.7 Å². The highest BCUT2D eigenvalue weighted by Crippen LogP contribution is 2.37. The van der Waals surface area contributed by atoms with Crippen molar-refractivity contribution in [3.05, 3.63) is 47.0 Å². The van der Waals surface area contributed by atoms with Gasteiger partial charge in [-0.15, -0.1) is 11.3 Å². The largest absolute Gasteiger partial charge is 0.398 e. The van der Waals surface area contributed by atoms with Gasteiger partial charge in [0.05, 0.1) is 15.2 Å². The first-order valence-corrected chi connectivity index (χ1v) is 7.46. The quantitative estimate of drug-likeness (QED) is 0.702. The van der Waals surface area contributed by atoms with Gasteiger partial charge in [0.2, 0.25) is 0 Å². The van der Waals surface area contributed by atoms with Crippen LogP contribution in [0.4, 0.5) is 14.5 Å². The van der Waals surface area contributed by atoms with Gasteiger partial charge in [-0.3, -0.25) is 0 Å². The molecular weight excluding hydrogens is 298 g/mol. The van der Waals surface area contributed by atoms with Crippen LogP contribution in [-0.2, 0) is 0 Å². The first-order chi connectivity index (χ1) is 9.52. The van der Waals surface area contributed by atoms with Crippen LogP contribution < -0.4 is 5.73 Å². The molecule has 0 bridgehead atoms. The topological polar surface area (TPSA) is 38.9 Å². The van der Waals surface area contributed by atoms with Gasteiger partial charge in [0.15, 0.2) is 0 Å². The van der Waals surface area contributed by atoms with Crippen molar-refractivity contribution in [3.8, 4) is 0 Å². The van der Waals surface area contributed by atoms with Crippen molar-refractivity contribution in [1.82, 2.24) is 4.98 Å². The van der Waals surface area contributed by atoms with E-state index in [0.717, 1.165) is 21.3 Å². The fourth-order valence-corrected chi connectivity index (χ4v) is 3.58. The van der Waals surface area contributed by atoms with E-state index in [0.29, 0.717) is 15.5 Å². The molecule has 2 nitrogen and oxygen atoms in total. The fourth-order valence-electron chi connectivity index (χ4n) is 1.85. The number of fused-ring (bicyclic) bond motifs is 1. The number of nitrogens with two attached hydrogens (primary N) is 1. The summed E-state index contributed by atoms with van der Waals surface area (Å²) in [5, 5.41) is 0.953. The lowest BCUT2D eigenvalue weighted by atomic mass is 10.3. The van der Waals surface area contributed by atoms with E-state index < -0.39 is 11.6 Å². The summed E-state index contributed by atoms with van der Waals surface area (Å²) in [6.07, 6.45) is 0. The maximum Gasteiger partial charge on any atom is 0.140 e. The normalized spacial score (nSPS) is 11.2. The molecule has 0 spiro atoms. The number of anilines is 1. The van der Waals surface area contributed by atoms with E-state index in [4.69, 9.17) is 5.73 Å². The van der Waals surface area contributed by atoms with Gasteiger partial charge in [0.25, 0.3) is 0 Å². The number of rotatable bonds is 2. The Morgan fingerprint density at radius 3 is 2.70 bits per heavy atom. The summed E-state index contributed by atoms with van der Waals surface area (Å²) in [6.45, 7) is 1.92. The van der Waals surface area contributed by atoms with Crippen LogP contribution in [0.5, 0.6) is 0 Å². The van der Waals surface area contributed by atoms with Crippen LogP contribution >= 0.6 is 23.1 Å². The molecule has 1 aromatic heterocycles. The standard InChI is InChI=1S/C14H10F2N2S2/c1-7-18-11-6-13(10(17)5-14(11)19-7)20-12-3-2-8(15)4-9(12)16/h2-6H,17H2,1H3. The lowest BCUT2D eigenvalue weighted by Gasteiger charge is -2.06. The van der Waals surface area contributed by atoms with Crippen LogP contribution in [0, 0.1) is 18.6 Å². The molecular formula is C14H10F2N2S2. The van der Waals surface area contributed by atoms with E-state index in [2.05, 4.69) is 4.98 Å². The summed E-state index contributed by atoms with van der Waals surface area (Å²) in [5.41, 5.74) is 7.39. The third-order valence-corrected chi connectivity index (χ3v) is 4.80. The summed E-state index contributed by atoms with van der Waals surface area (Å²) in [7, 11) is 0. The van der Waals surface area contributed by atoms with Gasteiger partial charge >= 0.3 is 0 Å². The zero-order valence-corrected chi connectivity index (χ0v) is 12.1. The molecule has 0 aliphatic heterocycles. The second-order valence-corrected chi connectivity index (χ2v) is 6.59. The highest BCUT2D eigenvalue weighted by atomic mass is 32.2. The fraction of sp³-hybridized carbons (Fsp3) is 0.0714. The third-order valence-electron chi connectivity index (χ3n) is 2.74. The SMILES string of the molecule is Cc1nc2cc(Sc3ccc(F)cc3F)c(N)cc2s1. The van der Waals surface area contributed by atoms with E-state index in [1.165, 1.54) is 23.9 Å². The Labute approximate surface area is 122 Å². The summed E-state index contributed by atoms with van der Waals surface area (Å²) in [5.74, 6) is -1.19. The van der Waals surface area contributed by atoms with Crippen LogP contribution in [-0.4, -0.2) is 4.98 Å². The van der Waals surface area contributed by atoms with E-state index in [1.54, 1.807) is 11.3 Å².